The van der Waals surface area contributed by atoms with E-state index in [0.717, 1.165) is 36.4 Å². The van der Waals surface area contributed by atoms with E-state index in [2.05, 4.69) is 0 Å². The molecule has 0 saturated carbocycles. The first-order valence-electron chi connectivity index (χ1n) is 22.3. The van der Waals surface area contributed by atoms with Crippen molar-refractivity contribution in [2.24, 2.45) is 0 Å². The lowest BCUT2D eigenvalue weighted by molar-refractivity contribution is -0.144. The van der Waals surface area contributed by atoms with Gasteiger partial charge in [-0.2, -0.15) is 105 Å². The smallest absolute Gasteiger partial charge is 0.166 e. The van der Waals surface area contributed by atoms with Crippen LogP contribution in [0.2, 0.25) is 0 Å². The summed E-state index contributed by atoms with van der Waals surface area (Å²) < 4.78 is 357. The van der Waals surface area contributed by atoms with Crippen molar-refractivity contribution in [1.29, 1.82) is 0 Å². The standard InChI is InChI=1S/C54H28F24P2/c55-47(56,57)31-13-27(14-32(21-31)48(58,59)60)45(79,28-15-33(49(61,62)63)22-34(16-28)50(64,65)66)41-11-9-25-5-1-3-7-39(25)43(41)44-40-8-4-2-6-26(40)10-12-42(44)46(80,29-17-35(51(67,68)69)23-36(18-29)52(70,71)72)30-19-37(53(73,74)75)24-38(20-30)54(76,77)78/h1-24H,79-80H2. The first-order chi connectivity index (χ1) is 36.4. The fourth-order valence-electron chi connectivity index (χ4n) is 9.42. The summed E-state index contributed by atoms with van der Waals surface area (Å²) in [6.07, 6.45) is -46.3. The van der Waals surface area contributed by atoms with Gasteiger partial charge in [0.1, 0.15) is 0 Å². The fourth-order valence-corrected chi connectivity index (χ4v) is 10.6. The Kier molecular flexibility index (Phi) is 14.6. The maximum atomic E-state index is 14.9. The van der Waals surface area contributed by atoms with Crippen molar-refractivity contribution in [3.63, 3.8) is 0 Å². The molecular weight excluding hydrogens is 1170 g/mol. The molecule has 8 aromatic carbocycles. The normalized spacial score (nSPS) is 13.9. The number of hydrogen-bond acceptors (Lipinski definition) is 0. The molecule has 422 valence electrons. The van der Waals surface area contributed by atoms with Crippen LogP contribution in [0.3, 0.4) is 0 Å². The Hall–Kier alpha value is -6.54. The van der Waals surface area contributed by atoms with Crippen LogP contribution in [0.15, 0.2) is 146 Å². The molecule has 0 amide bonds. The van der Waals surface area contributed by atoms with Crippen LogP contribution in [-0.4, -0.2) is 0 Å². The van der Waals surface area contributed by atoms with Crippen LogP contribution < -0.4 is 0 Å². The average Bonchev–Trinajstić information content (AvgIpc) is 3.35. The van der Waals surface area contributed by atoms with Gasteiger partial charge < -0.3 is 0 Å². The van der Waals surface area contributed by atoms with Gasteiger partial charge in [-0.3, -0.25) is 0 Å². The third kappa shape index (κ3) is 11.3. The second-order valence-corrected chi connectivity index (χ2v) is 19.9. The molecule has 26 heteroatoms. The molecule has 0 spiro atoms. The molecule has 0 radical (unpaired) electrons. The fraction of sp³-hybridized carbons (Fsp3) is 0.185. The van der Waals surface area contributed by atoms with Crippen LogP contribution in [0, 0.1) is 0 Å². The Morgan fingerprint density at radius 2 is 0.388 bits per heavy atom. The number of alkyl halides is 24. The summed E-state index contributed by atoms with van der Waals surface area (Å²) in [7, 11) is 3.36. The van der Waals surface area contributed by atoms with Crippen molar-refractivity contribution in [2.45, 2.75) is 59.7 Å². The van der Waals surface area contributed by atoms with E-state index in [1.54, 1.807) is 18.5 Å². The summed E-state index contributed by atoms with van der Waals surface area (Å²) in [5, 5.41) is -7.62. The highest BCUT2D eigenvalue weighted by Crippen LogP contribution is 2.59. The third-order valence-electron chi connectivity index (χ3n) is 13.1. The lowest BCUT2D eigenvalue weighted by atomic mass is 9.73. The quantitative estimate of drug-likeness (QED) is 0.0848. The Labute approximate surface area is 438 Å². The molecule has 0 saturated heterocycles. The highest BCUT2D eigenvalue weighted by atomic mass is 31.0. The Morgan fingerprint density at radius 1 is 0.212 bits per heavy atom. The minimum atomic E-state index is -5.79. The summed E-state index contributed by atoms with van der Waals surface area (Å²) in [5.74, 6) is 0. The molecule has 2 unspecified atom stereocenters. The molecule has 0 heterocycles. The molecule has 8 rings (SSSR count). The zero-order valence-corrected chi connectivity index (χ0v) is 41.4. The van der Waals surface area contributed by atoms with Gasteiger partial charge in [-0.1, -0.05) is 72.8 Å². The van der Waals surface area contributed by atoms with Crippen molar-refractivity contribution >= 4 is 40.0 Å². The molecule has 0 aliphatic heterocycles. The Bertz CT molecular complexity index is 3180. The lowest BCUT2D eigenvalue weighted by Crippen LogP contribution is -2.28. The number of rotatable bonds is 7. The van der Waals surface area contributed by atoms with Gasteiger partial charge in [-0.15, -0.1) is 18.5 Å². The van der Waals surface area contributed by atoms with Crippen LogP contribution >= 0.6 is 18.5 Å². The van der Waals surface area contributed by atoms with E-state index in [4.69, 9.17) is 0 Å². The zero-order valence-electron chi connectivity index (χ0n) is 39.1. The van der Waals surface area contributed by atoms with Crippen LogP contribution in [0.1, 0.15) is 77.9 Å². The molecule has 0 fully saturated rings. The second kappa shape index (κ2) is 19.6. The topological polar surface area (TPSA) is 0 Å². The van der Waals surface area contributed by atoms with Gasteiger partial charge in [0.05, 0.1) is 54.8 Å². The van der Waals surface area contributed by atoms with Crippen molar-refractivity contribution in [3.8, 4) is 11.1 Å². The predicted octanol–water partition coefficient (Wildman–Crippen LogP) is 20.1. The molecule has 0 aliphatic carbocycles. The van der Waals surface area contributed by atoms with E-state index in [9.17, 15) is 105 Å². The van der Waals surface area contributed by atoms with Crippen LogP contribution in [-0.2, 0) is 59.7 Å². The maximum absolute atomic E-state index is 14.9. The van der Waals surface area contributed by atoms with Crippen LogP contribution in [0.25, 0.3) is 32.7 Å². The van der Waals surface area contributed by atoms with Gasteiger partial charge in [0.2, 0.25) is 0 Å². The monoisotopic (exact) mass is 1190 g/mol. The molecule has 80 heavy (non-hydrogen) atoms. The minimum Gasteiger partial charge on any atom is -0.166 e. The lowest BCUT2D eigenvalue weighted by Gasteiger charge is -2.39. The summed E-state index contributed by atoms with van der Waals surface area (Å²) >= 11 is 0. The third-order valence-corrected chi connectivity index (χ3v) is 15.1. The van der Waals surface area contributed by atoms with E-state index in [1.165, 1.54) is 36.4 Å². The minimum absolute atomic E-state index is 0.0542. The SMILES string of the molecule is FC(F)(F)c1cc(C(F)(F)F)cc(C(P)(c2cc(C(F)(F)F)cc(C(F)(F)F)c2)c2ccc3ccccc3c2-c2c(C(P)(c3cc(C(F)(F)F)cc(C(F)(F)F)c3)c3cc(C(F)(F)F)cc(C(F)(F)F)c3)ccc3ccccc23)c1. The van der Waals surface area contributed by atoms with Crippen molar-refractivity contribution in [3.05, 3.63) is 223 Å². The van der Waals surface area contributed by atoms with Crippen LogP contribution in [0.5, 0.6) is 0 Å². The van der Waals surface area contributed by atoms with Gasteiger partial charge in [-0.05, 0) is 139 Å². The molecule has 0 aromatic heterocycles. The van der Waals surface area contributed by atoms with E-state index in [-0.39, 0.29) is 70.1 Å². The Balaban J connectivity index is 1.71. The summed E-state index contributed by atoms with van der Waals surface area (Å²) in [5.41, 5.74) is -26.5. The van der Waals surface area contributed by atoms with Gasteiger partial charge in [0, 0.05) is 0 Å². The number of benzene rings is 8. The summed E-state index contributed by atoms with van der Waals surface area (Å²) in [6.45, 7) is 0. The van der Waals surface area contributed by atoms with Crippen LogP contribution in [0.4, 0.5) is 105 Å². The van der Waals surface area contributed by atoms with E-state index < -0.39 is 173 Å². The average molecular weight is 1190 g/mol. The zero-order chi connectivity index (χ0) is 59.5. The first kappa shape index (κ1) is 59.6. The number of halogens is 24. The molecule has 2 atom stereocenters. The molecule has 8 aromatic rings. The summed E-state index contributed by atoms with van der Waals surface area (Å²) in [4.78, 5) is 0. The van der Waals surface area contributed by atoms with Crippen molar-refractivity contribution < 1.29 is 105 Å². The van der Waals surface area contributed by atoms with Crippen molar-refractivity contribution in [1.82, 2.24) is 0 Å². The molecular formula is C54H28F24P2. The second-order valence-electron chi connectivity index (χ2n) is 18.2. The number of fused-ring (bicyclic) bond motifs is 2. The number of hydrogen-bond donors (Lipinski definition) is 0. The van der Waals surface area contributed by atoms with Gasteiger partial charge in [-0.25, -0.2) is 0 Å². The predicted molar refractivity (Wildman–Crippen MR) is 252 cm³/mol. The van der Waals surface area contributed by atoms with E-state index in [0.29, 0.717) is 0 Å². The Morgan fingerprint density at radius 3 is 0.575 bits per heavy atom. The summed E-state index contributed by atoms with van der Waals surface area (Å²) in [6, 6.07) is 11.0. The van der Waals surface area contributed by atoms with E-state index in [1.807, 2.05) is 0 Å². The highest BCUT2D eigenvalue weighted by Gasteiger charge is 2.48. The maximum Gasteiger partial charge on any atom is 0.416 e. The van der Waals surface area contributed by atoms with Gasteiger partial charge >= 0.3 is 49.4 Å². The highest BCUT2D eigenvalue weighted by molar-refractivity contribution is 7.19. The molecule has 0 aliphatic rings. The first-order valence-corrected chi connectivity index (χ1v) is 23.4. The largest absolute Gasteiger partial charge is 0.416 e. The molecule has 0 bridgehead atoms. The van der Waals surface area contributed by atoms with Crippen molar-refractivity contribution in [2.75, 3.05) is 0 Å². The molecule has 0 N–H and O–H groups in total. The molecule has 0 nitrogen and oxygen atoms in total. The van der Waals surface area contributed by atoms with Gasteiger partial charge in [0.15, 0.2) is 0 Å². The van der Waals surface area contributed by atoms with Gasteiger partial charge in [0.25, 0.3) is 0 Å². The van der Waals surface area contributed by atoms with E-state index >= 15 is 0 Å².